The maximum atomic E-state index is 13.1. The van der Waals surface area contributed by atoms with Gasteiger partial charge in [0.1, 0.15) is 17.4 Å². The molecule has 0 aromatic heterocycles. The normalized spacial score (nSPS) is 12.1. The van der Waals surface area contributed by atoms with E-state index in [-0.39, 0.29) is 17.9 Å². The molecule has 0 spiro atoms. The van der Waals surface area contributed by atoms with Gasteiger partial charge < -0.3 is 10.2 Å². The van der Waals surface area contributed by atoms with Gasteiger partial charge in [0.05, 0.1) is 12.7 Å². The van der Waals surface area contributed by atoms with Gasteiger partial charge in [-0.15, -0.1) is 11.8 Å². The van der Waals surface area contributed by atoms with Gasteiger partial charge in [0, 0.05) is 10.6 Å². The lowest BCUT2D eigenvalue weighted by atomic mass is 10.2. The fourth-order valence-electron chi connectivity index (χ4n) is 0.972. The zero-order chi connectivity index (χ0) is 11.3. The Kier molecular flexibility index (Phi) is 4.56. The molecule has 0 aliphatic rings. The summed E-state index contributed by atoms with van der Waals surface area (Å²) in [6, 6.07) is 6.09. The van der Waals surface area contributed by atoms with E-state index in [1.165, 1.54) is 12.1 Å². The van der Waals surface area contributed by atoms with E-state index < -0.39 is 11.9 Å². The fraction of sp³-hybridized carbons (Fsp3) is 0.300. The van der Waals surface area contributed by atoms with Gasteiger partial charge >= 0.3 is 0 Å². The molecule has 1 unspecified atom stereocenters. The zero-order valence-electron chi connectivity index (χ0n) is 7.85. The molecule has 80 valence electrons. The van der Waals surface area contributed by atoms with Gasteiger partial charge in [0.15, 0.2) is 0 Å². The van der Waals surface area contributed by atoms with E-state index in [0.29, 0.717) is 4.90 Å². The van der Waals surface area contributed by atoms with Crippen LogP contribution in [-0.2, 0) is 0 Å². The van der Waals surface area contributed by atoms with E-state index in [4.69, 9.17) is 15.5 Å². The molecule has 1 aromatic carbocycles. The van der Waals surface area contributed by atoms with Crippen LogP contribution in [0.2, 0.25) is 0 Å². The third-order valence-electron chi connectivity index (χ3n) is 1.73. The van der Waals surface area contributed by atoms with Crippen molar-refractivity contribution < 1.29 is 14.6 Å². The molecule has 0 radical (unpaired) electrons. The molecule has 0 bridgehead atoms. The summed E-state index contributed by atoms with van der Waals surface area (Å²) in [5.41, 5.74) is -0.0207. The lowest BCUT2D eigenvalue weighted by Crippen LogP contribution is -2.14. The van der Waals surface area contributed by atoms with Crippen LogP contribution in [0.3, 0.4) is 0 Å². The van der Waals surface area contributed by atoms with Gasteiger partial charge in [0.2, 0.25) is 0 Å². The predicted molar refractivity (Wildman–Crippen MR) is 54.9 cm³/mol. The third-order valence-corrected chi connectivity index (χ3v) is 2.93. The molecule has 1 rings (SSSR count). The highest BCUT2D eigenvalue weighted by atomic mass is 32.2. The molecule has 2 N–H and O–H groups in total. The van der Waals surface area contributed by atoms with Crippen LogP contribution in [0.1, 0.15) is 5.56 Å². The van der Waals surface area contributed by atoms with Crippen molar-refractivity contribution in [2.75, 3.05) is 12.4 Å². The Morgan fingerprint density at radius 1 is 1.53 bits per heavy atom. The SMILES string of the molecule is N#Cc1c(F)cccc1SCC(O)CO. The van der Waals surface area contributed by atoms with Gasteiger partial charge in [-0.1, -0.05) is 6.07 Å². The number of thioether (sulfide) groups is 1. The molecule has 0 saturated carbocycles. The van der Waals surface area contributed by atoms with Crippen LogP contribution < -0.4 is 0 Å². The number of nitriles is 1. The molecule has 0 fully saturated rings. The molecule has 0 saturated heterocycles. The summed E-state index contributed by atoms with van der Waals surface area (Å²) in [5.74, 6) is -0.338. The number of nitrogens with zero attached hydrogens (tertiary/aromatic N) is 1. The summed E-state index contributed by atoms with van der Waals surface area (Å²) in [5, 5.41) is 26.4. The van der Waals surface area contributed by atoms with E-state index in [1.807, 2.05) is 0 Å². The minimum absolute atomic E-state index is 0.0207. The highest BCUT2D eigenvalue weighted by Crippen LogP contribution is 2.24. The van der Waals surface area contributed by atoms with Crippen molar-refractivity contribution in [3.63, 3.8) is 0 Å². The molecule has 1 atom stereocenters. The molecule has 0 aliphatic carbocycles. The second-order valence-electron chi connectivity index (χ2n) is 2.87. The second kappa shape index (κ2) is 5.71. The molecule has 15 heavy (non-hydrogen) atoms. The third kappa shape index (κ3) is 3.20. The van der Waals surface area contributed by atoms with E-state index >= 15 is 0 Å². The van der Waals surface area contributed by atoms with Crippen molar-refractivity contribution in [3.05, 3.63) is 29.6 Å². The topological polar surface area (TPSA) is 64.2 Å². The monoisotopic (exact) mass is 227 g/mol. The van der Waals surface area contributed by atoms with Crippen molar-refractivity contribution in [2.24, 2.45) is 0 Å². The van der Waals surface area contributed by atoms with E-state index in [0.717, 1.165) is 11.8 Å². The number of halogens is 1. The van der Waals surface area contributed by atoms with E-state index in [9.17, 15) is 4.39 Å². The molecule has 0 heterocycles. The molecular weight excluding hydrogens is 217 g/mol. The molecule has 0 aliphatic heterocycles. The number of aliphatic hydroxyl groups is 2. The minimum atomic E-state index is -0.857. The first-order chi connectivity index (χ1) is 7.19. The Balaban J connectivity index is 2.77. The summed E-state index contributed by atoms with van der Waals surface area (Å²) >= 11 is 1.15. The maximum Gasteiger partial charge on any atom is 0.142 e. The Labute approximate surface area is 91.2 Å². The summed E-state index contributed by atoms with van der Waals surface area (Å²) in [7, 11) is 0. The van der Waals surface area contributed by atoms with Gasteiger partial charge in [0.25, 0.3) is 0 Å². The summed E-state index contributed by atoms with van der Waals surface area (Å²) in [6.07, 6.45) is -0.857. The first kappa shape index (κ1) is 12.0. The average Bonchev–Trinajstić information content (AvgIpc) is 2.25. The van der Waals surface area contributed by atoms with Gasteiger partial charge in [-0.2, -0.15) is 5.26 Å². The quantitative estimate of drug-likeness (QED) is 0.757. The Morgan fingerprint density at radius 3 is 2.87 bits per heavy atom. The summed E-state index contributed by atoms with van der Waals surface area (Å²) in [6.45, 7) is -0.343. The maximum absolute atomic E-state index is 13.1. The Morgan fingerprint density at radius 2 is 2.27 bits per heavy atom. The van der Waals surface area contributed by atoms with Crippen molar-refractivity contribution in [2.45, 2.75) is 11.0 Å². The molecule has 3 nitrogen and oxygen atoms in total. The largest absolute Gasteiger partial charge is 0.394 e. The van der Waals surface area contributed by atoms with Crippen LogP contribution >= 0.6 is 11.8 Å². The first-order valence-corrected chi connectivity index (χ1v) is 5.28. The molecule has 5 heteroatoms. The number of aliphatic hydroxyl groups excluding tert-OH is 2. The molecule has 1 aromatic rings. The zero-order valence-corrected chi connectivity index (χ0v) is 8.67. The van der Waals surface area contributed by atoms with Crippen molar-refractivity contribution >= 4 is 11.8 Å². The standard InChI is InChI=1S/C10H10FNO2S/c11-9-2-1-3-10(8(9)4-12)15-6-7(14)5-13/h1-3,7,13-14H,5-6H2. The van der Waals surface area contributed by atoms with E-state index in [1.54, 1.807) is 12.1 Å². The van der Waals surface area contributed by atoms with Gasteiger partial charge in [-0.05, 0) is 12.1 Å². The number of rotatable bonds is 4. The van der Waals surface area contributed by atoms with Crippen LogP contribution in [0.5, 0.6) is 0 Å². The van der Waals surface area contributed by atoms with Crippen LogP contribution in [0, 0.1) is 17.1 Å². The summed E-state index contributed by atoms with van der Waals surface area (Å²) < 4.78 is 13.1. The van der Waals surface area contributed by atoms with Gasteiger partial charge in [-0.25, -0.2) is 4.39 Å². The van der Waals surface area contributed by atoms with Crippen LogP contribution in [0.15, 0.2) is 23.1 Å². The first-order valence-electron chi connectivity index (χ1n) is 4.29. The second-order valence-corrected chi connectivity index (χ2v) is 3.93. The van der Waals surface area contributed by atoms with Crippen LogP contribution in [0.25, 0.3) is 0 Å². The number of hydrogen-bond acceptors (Lipinski definition) is 4. The number of benzene rings is 1. The lowest BCUT2D eigenvalue weighted by molar-refractivity contribution is 0.113. The van der Waals surface area contributed by atoms with Crippen molar-refractivity contribution in [3.8, 4) is 6.07 Å². The highest BCUT2D eigenvalue weighted by molar-refractivity contribution is 7.99. The average molecular weight is 227 g/mol. The minimum Gasteiger partial charge on any atom is -0.394 e. The van der Waals surface area contributed by atoms with Gasteiger partial charge in [-0.3, -0.25) is 0 Å². The Hall–Kier alpha value is -1.09. The fourth-order valence-corrected chi connectivity index (χ4v) is 1.91. The Bertz CT molecular complexity index is 378. The highest BCUT2D eigenvalue weighted by Gasteiger charge is 2.10. The lowest BCUT2D eigenvalue weighted by Gasteiger charge is -2.07. The molecular formula is C10H10FNO2S. The van der Waals surface area contributed by atoms with Crippen LogP contribution in [-0.4, -0.2) is 28.7 Å². The molecule has 0 amide bonds. The van der Waals surface area contributed by atoms with Crippen molar-refractivity contribution in [1.82, 2.24) is 0 Å². The number of hydrogen-bond donors (Lipinski definition) is 2. The summed E-state index contributed by atoms with van der Waals surface area (Å²) in [4.78, 5) is 0.477. The smallest absolute Gasteiger partial charge is 0.142 e. The van der Waals surface area contributed by atoms with Crippen LogP contribution in [0.4, 0.5) is 4.39 Å². The predicted octanol–water partition coefficient (Wildman–Crippen LogP) is 1.14. The van der Waals surface area contributed by atoms with Crippen molar-refractivity contribution in [1.29, 1.82) is 5.26 Å². The van der Waals surface area contributed by atoms with E-state index in [2.05, 4.69) is 0 Å².